The van der Waals surface area contributed by atoms with Gasteiger partial charge in [-0.05, 0) is 37.8 Å². The first-order chi connectivity index (χ1) is 12.9. The third-order valence-corrected chi connectivity index (χ3v) is 6.74. The van der Waals surface area contributed by atoms with E-state index in [1.807, 2.05) is 31.4 Å². The number of allylic oxidation sites excluding steroid dienone is 2. The highest BCUT2D eigenvalue weighted by molar-refractivity contribution is 7.16. The van der Waals surface area contributed by atoms with Crippen LogP contribution in [0.5, 0.6) is 0 Å². The first-order valence-corrected chi connectivity index (χ1v) is 10.4. The normalized spacial score (nSPS) is 17.7. The first-order valence-electron chi connectivity index (χ1n) is 8.72. The number of carbonyl (C=O) groups excluding carboxylic acids is 2. The Bertz CT molecular complexity index is 922. The number of aryl methyl sites for hydroxylation is 1. The Hall–Kier alpha value is -2.25. The summed E-state index contributed by atoms with van der Waals surface area (Å²) in [6.07, 6.45) is 2.15. The van der Waals surface area contributed by atoms with E-state index in [1.165, 1.54) is 17.6 Å². The highest BCUT2D eigenvalue weighted by atomic mass is 32.1. The summed E-state index contributed by atoms with van der Waals surface area (Å²) in [6, 6.07) is 3.93. The van der Waals surface area contributed by atoms with Gasteiger partial charge >= 0.3 is 5.97 Å². The molecule has 7 heteroatoms. The van der Waals surface area contributed by atoms with E-state index in [0.29, 0.717) is 23.4 Å². The third kappa shape index (κ3) is 4.04. The monoisotopic (exact) mass is 403 g/mol. The number of carbonyl (C=O) groups is 2. The molecule has 0 amide bonds. The molecule has 0 saturated heterocycles. The minimum atomic E-state index is -0.419. The molecule has 0 aliphatic heterocycles. The summed E-state index contributed by atoms with van der Waals surface area (Å²) in [5.74, 6) is -0.493. The Labute approximate surface area is 166 Å². The number of ether oxygens (including phenoxy) is 1. The molecule has 142 valence electrons. The molecule has 5 nitrogen and oxygen atoms in total. The lowest BCUT2D eigenvalue weighted by atomic mass is 9.86. The Balaban J connectivity index is 1.88. The maximum atomic E-state index is 12.5. The zero-order valence-corrected chi connectivity index (χ0v) is 17.1. The number of rotatable bonds is 5. The third-order valence-electron chi connectivity index (χ3n) is 4.59. The summed E-state index contributed by atoms with van der Waals surface area (Å²) in [4.78, 5) is 31.2. The maximum Gasteiger partial charge on any atom is 0.341 e. The molecule has 0 fully saturated rings. The van der Waals surface area contributed by atoms with Crippen molar-refractivity contribution in [2.24, 2.45) is 4.99 Å². The van der Waals surface area contributed by atoms with Crippen molar-refractivity contribution in [3.63, 3.8) is 0 Å². The molecule has 2 aromatic heterocycles. The molecule has 0 saturated carbocycles. The van der Waals surface area contributed by atoms with Crippen LogP contribution in [-0.2, 0) is 9.53 Å². The molecule has 2 heterocycles. The Morgan fingerprint density at radius 1 is 1.41 bits per heavy atom. The van der Waals surface area contributed by atoms with Crippen LogP contribution in [0.3, 0.4) is 0 Å². The molecule has 0 radical (unpaired) electrons. The minimum absolute atomic E-state index is 0.0102. The van der Waals surface area contributed by atoms with E-state index in [1.54, 1.807) is 18.3 Å². The Morgan fingerprint density at radius 2 is 2.19 bits per heavy atom. The lowest BCUT2D eigenvalue weighted by Crippen LogP contribution is -2.18. The lowest BCUT2D eigenvalue weighted by molar-refractivity contribution is -0.116. The second-order valence-corrected chi connectivity index (χ2v) is 8.53. The summed E-state index contributed by atoms with van der Waals surface area (Å²) in [6.45, 7) is 5.80. The van der Waals surface area contributed by atoms with Gasteiger partial charge in [0.1, 0.15) is 10.8 Å². The molecule has 1 aliphatic carbocycles. The molecule has 27 heavy (non-hydrogen) atoms. The van der Waals surface area contributed by atoms with E-state index in [0.717, 1.165) is 15.3 Å². The van der Waals surface area contributed by atoms with Crippen molar-refractivity contribution in [1.82, 2.24) is 0 Å². The first kappa shape index (κ1) is 19.5. The molecule has 1 N–H and O–H groups in total. The number of hydrogen-bond acceptors (Lipinski definition) is 7. The van der Waals surface area contributed by atoms with Gasteiger partial charge in [0.2, 0.25) is 0 Å². The van der Waals surface area contributed by atoms with E-state index in [-0.39, 0.29) is 29.6 Å². The van der Waals surface area contributed by atoms with Gasteiger partial charge in [-0.15, -0.1) is 22.7 Å². The van der Waals surface area contributed by atoms with E-state index >= 15 is 0 Å². The summed E-state index contributed by atoms with van der Waals surface area (Å²) < 4.78 is 5.12. The van der Waals surface area contributed by atoms with Crippen LogP contribution in [0, 0.1) is 13.8 Å². The highest BCUT2D eigenvalue weighted by Gasteiger charge is 2.28. The minimum Gasteiger partial charge on any atom is -0.511 e. The fourth-order valence-electron chi connectivity index (χ4n) is 3.05. The van der Waals surface area contributed by atoms with Gasteiger partial charge in [-0.1, -0.05) is 6.07 Å². The molecule has 1 atom stereocenters. The van der Waals surface area contributed by atoms with Crippen molar-refractivity contribution >= 4 is 45.6 Å². The largest absolute Gasteiger partial charge is 0.511 e. The lowest BCUT2D eigenvalue weighted by Gasteiger charge is -2.20. The average Bonchev–Trinajstić information content (AvgIpc) is 3.23. The molecular weight excluding hydrogens is 382 g/mol. The fraction of sp³-hybridized carbons (Fsp3) is 0.350. The zero-order chi connectivity index (χ0) is 19.6. The van der Waals surface area contributed by atoms with Crippen LogP contribution in [0.4, 0.5) is 5.00 Å². The van der Waals surface area contributed by atoms with Gasteiger partial charge in [-0.2, -0.15) is 0 Å². The average molecular weight is 404 g/mol. The molecular formula is C20H21NO4S2. The molecule has 0 bridgehead atoms. The summed E-state index contributed by atoms with van der Waals surface area (Å²) in [5.41, 5.74) is 1.48. The summed E-state index contributed by atoms with van der Waals surface area (Å²) in [5, 5.41) is 12.9. The number of aliphatic imine (C=N–C) groups is 1. The number of ketones is 1. The van der Waals surface area contributed by atoms with Crippen LogP contribution >= 0.6 is 22.7 Å². The van der Waals surface area contributed by atoms with Gasteiger partial charge in [0.15, 0.2) is 5.78 Å². The van der Waals surface area contributed by atoms with Gasteiger partial charge in [-0.3, -0.25) is 4.79 Å². The Morgan fingerprint density at radius 3 is 2.81 bits per heavy atom. The van der Waals surface area contributed by atoms with Crippen LogP contribution < -0.4 is 0 Å². The van der Waals surface area contributed by atoms with Gasteiger partial charge in [0, 0.05) is 34.7 Å². The van der Waals surface area contributed by atoms with Crippen molar-refractivity contribution in [3.8, 4) is 0 Å². The number of Topliss-reactive ketones (excluding diaryl/α,β-unsaturated/α-hetero) is 1. The van der Waals surface area contributed by atoms with Crippen LogP contribution in [0.25, 0.3) is 0 Å². The van der Waals surface area contributed by atoms with E-state index in [4.69, 9.17) is 4.74 Å². The molecule has 1 unspecified atom stereocenters. The van der Waals surface area contributed by atoms with Gasteiger partial charge in [-0.25, -0.2) is 9.79 Å². The van der Waals surface area contributed by atoms with E-state index < -0.39 is 5.97 Å². The molecule has 0 spiro atoms. The number of nitrogens with zero attached hydrogens (tertiary/aromatic N) is 1. The van der Waals surface area contributed by atoms with Crippen LogP contribution in [-0.4, -0.2) is 29.7 Å². The second kappa shape index (κ2) is 8.19. The SMILES string of the molecule is CCOC(=O)c1c(N=CC2=C(O)CC(c3cccs3)CC2=O)sc(C)c1C. The van der Waals surface area contributed by atoms with Crippen molar-refractivity contribution in [2.45, 2.75) is 39.5 Å². The van der Waals surface area contributed by atoms with Crippen molar-refractivity contribution in [2.75, 3.05) is 6.61 Å². The zero-order valence-electron chi connectivity index (χ0n) is 15.4. The van der Waals surface area contributed by atoms with Crippen molar-refractivity contribution in [3.05, 3.63) is 49.7 Å². The number of thiophene rings is 2. The fourth-order valence-corrected chi connectivity index (χ4v) is 4.87. The number of aliphatic hydroxyl groups is 1. The number of esters is 1. The topological polar surface area (TPSA) is 76.0 Å². The van der Waals surface area contributed by atoms with E-state index in [2.05, 4.69) is 4.99 Å². The quantitative estimate of drug-likeness (QED) is 0.545. The van der Waals surface area contributed by atoms with Crippen LogP contribution in [0.15, 0.2) is 33.8 Å². The molecule has 1 aliphatic rings. The van der Waals surface area contributed by atoms with Gasteiger partial charge < -0.3 is 9.84 Å². The Kier molecular flexibility index (Phi) is 5.92. The van der Waals surface area contributed by atoms with Crippen molar-refractivity contribution < 1.29 is 19.4 Å². The smallest absolute Gasteiger partial charge is 0.341 e. The molecule has 0 aromatic carbocycles. The number of hydrogen-bond donors (Lipinski definition) is 1. The predicted molar refractivity (Wildman–Crippen MR) is 109 cm³/mol. The second-order valence-electron chi connectivity index (χ2n) is 6.35. The van der Waals surface area contributed by atoms with Gasteiger partial charge in [0.25, 0.3) is 0 Å². The molecule has 3 rings (SSSR count). The van der Waals surface area contributed by atoms with Gasteiger partial charge in [0.05, 0.1) is 17.7 Å². The summed E-state index contributed by atoms with van der Waals surface area (Å²) in [7, 11) is 0. The number of aliphatic hydroxyl groups excluding tert-OH is 1. The predicted octanol–water partition coefficient (Wildman–Crippen LogP) is 5.26. The molecule has 2 aromatic rings. The van der Waals surface area contributed by atoms with Crippen molar-refractivity contribution in [1.29, 1.82) is 0 Å². The maximum absolute atomic E-state index is 12.5. The summed E-state index contributed by atoms with van der Waals surface area (Å²) >= 11 is 2.96. The van der Waals surface area contributed by atoms with E-state index in [9.17, 15) is 14.7 Å². The standard InChI is InChI=1S/C20H21NO4S2/c1-4-25-20(24)18-11(2)12(3)27-19(18)21-10-14-15(22)8-13(9-16(14)23)17-6-5-7-26-17/h5-7,10,13,22H,4,8-9H2,1-3H3. The van der Waals surface area contributed by atoms with Crippen LogP contribution in [0.1, 0.15) is 51.4 Å². The highest BCUT2D eigenvalue weighted by Crippen LogP contribution is 2.37. The van der Waals surface area contributed by atoms with Crippen LogP contribution in [0.2, 0.25) is 0 Å².